The second-order valence-electron chi connectivity index (χ2n) is 5.59. The molecule has 0 amide bonds. The van der Waals surface area contributed by atoms with Crippen molar-refractivity contribution in [1.29, 1.82) is 0 Å². The summed E-state index contributed by atoms with van der Waals surface area (Å²) >= 11 is 0. The lowest BCUT2D eigenvalue weighted by Crippen LogP contribution is -3.00. The zero-order valence-corrected chi connectivity index (χ0v) is 15.5. The Morgan fingerprint density at radius 1 is 0.920 bits per heavy atom. The van der Waals surface area contributed by atoms with Crippen molar-refractivity contribution in [3.63, 3.8) is 0 Å². The monoisotopic (exact) mass is 399 g/mol. The number of halogens is 1. The van der Waals surface area contributed by atoms with Crippen molar-refractivity contribution in [2.45, 2.75) is 13.8 Å². The SMILES string of the molecule is Cc1nc(N2N=C(c3ccccc3)[NH2+]N2c2ccccc2)oc1C.[Br-]. The Morgan fingerprint density at radius 3 is 2.16 bits per heavy atom. The van der Waals surface area contributed by atoms with E-state index in [-0.39, 0.29) is 17.0 Å². The lowest BCUT2D eigenvalue weighted by molar-refractivity contribution is -0.545. The average molecular weight is 400 g/mol. The number of aromatic nitrogens is 1. The minimum atomic E-state index is 0. The zero-order chi connectivity index (χ0) is 16.5. The van der Waals surface area contributed by atoms with Gasteiger partial charge < -0.3 is 21.4 Å². The number of nitrogens with two attached hydrogens (primary N) is 1. The van der Waals surface area contributed by atoms with E-state index >= 15 is 0 Å². The second kappa shape index (κ2) is 7.08. The first-order valence-electron chi connectivity index (χ1n) is 7.79. The number of oxazole rings is 1. The summed E-state index contributed by atoms with van der Waals surface area (Å²) in [6.45, 7) is 3.83. The first kappa shape index (κ1) is 17.2. The van der Waals surface area contributed by atoms with Crippen molar-refractivity contribution in [2.75, 3.05) is 10.2 Å². The quantitative estimate of drug-likeness (QED) is 0.596. The van der Waals surface area contributed by atoms with E-state index in [0.29, 0.717) is 6.01 Å². The van der Waals surface area contributed by atoms with Crippen LogP contribution in [0.25, 0.3) is 0 Å². The molecule has 1 aromatic heterocycles. The summed E-state index contributed by atoms with van der Waals surface area (Å²) in [5.74, 6) is 1.65. The normalized spacial score (nSPS) is 13.6. The fraction of sp³-hybridized carbons (Fsp3) is 0.111. The summed E-state index contributed by atoms with van der Waals surface area (Å²) in [5.41, 5.74) is 4.88. The van der Waals surface area contributed by atoms with Gasteiger partial charge in [-0.3, -0.25) is 0 Å². The molecule has 25 heavy (non-hydrogen) atoms. The fourth-order valence-electron chi connectivity index (χ4n) is 2.53. The minimum Gasteiger partial charge on any atom is -1.00 e. The summed E-state index contributed by atoms with van der Waals surface area (Å²) in [6.07, 6.45) is 0. The molecule has 4 rings (SSSR count). The molecule has 0 radical (unpaired) electrons. The lowest BCUT2D eigenvalue weighted by atomic mass is 10.2. The Kier molecular flexibility index (Phi) is 4.87. The van der Waals surface area contributed by atoms with E-state index in [1.54, 1.807) is 5.12 Å². The molecule has 2 aromatic carbocycles. The van der Waals surface area contributed by atoms with Crippen LogP contribution in [0, 0.1) is 13.8 Å². The van der Waals surface area contributed by atoms with E-state index in [9.17, 15) is 0 Å². The standard InChI is InChI=1S/C18H17N5O.BrH/c1-13-14(2)24-18(19-13)23-21-17(15-9-5-3-6-10-15)20-22(23)16-11-7-4-8-12-16;/h3-12H,1-2H3,(H,20,21);1H. The third-order valence-electron chi connectivity index (χ3n) is 3.93. The molecule has 2 heterocycles. The van der Waals surface area contributed by atoms with Crippen molar-refractivity contribution in [1.82, 2.24) is 4.98 Å². The summed E-state index contributed by atoms with van der Waals surface area (Å²) in [6, 6.07) is 20.5. The molecule has 6 nitrogen and oxygen atoms in total. The number of quaternary nitrogens is 1. The Balaban J connectivity index is 0.00000182. The largest absolute Gasteiger partial charge is 1.00 e. The van der Waals surface area contributed by atoms with E-state index in [1.165, 1.54) is 0 Å². The summed E-state index contributed by atoms with van der Waals surface area (Å²) in [4.78, 5) is 4.49. The Bertz CT molecular complexity index is 859. The van der Waals surface area contributed by atoms with Gasteiger partial charge in [0.25, 0.3) is 5.84 Å². The van der Waals surface area contributed by atoms with Gasteiger partial charge in [-0.2, -0.15) is 10.4 Å². The van der Waals surface area contributed by atoms with Gasteiger partial charge in [0.2, 0.25) is 0 Å². The third-order valence-corrected chi connectivity index (χ3v) is 3.93. The van der Waals surface area contributed by atoms with Crippen molar-refractivity contribution in [3.05, 3.63) is 77.7 Å². The highest BCUT2D eigenvalue weighted by atomic mass is 79.9. The number of aryl methyl sites for hydroxylation is 2. The van der Waals surface area contributed by atoms with E-state index in [4.69, 9.17) is 9.52 Å². The lowest BCUT2D eigenvalue weighted by Gasteiger charge is -2.20. The average Bonchev–Trinajstić information content (AvgIpc) is 3.21. The van der Waals surface area contributed by atoms with E-state index in [0.717, 1.165) is 28.5 Å². The molecule has 7 heteroatoms. The van der Waals surface area contributed by atoms with Gasteiger partial charge in [-0.15, -0.1) is 0 Å². The van der Waals surface area contributed by atoms with E-state index in [1.807, 2.05) is 85.1 Å². The van der Waals surface area contributed by atoms with Crippen LogP contribution in [0.5, 0.6) is 0 Å². The molecule has 2 N–H and O–H groups in total. The highest BCUT2D eigenvalue weighted by molar-refractivity contribution is 5.93. The van der Waals surface area contributed by atoms with Crippen LogP contribution in [0.3, 0.4) is 0 Å². The van der Waals surface area contributed by atoms with Crippen molar-refractivity contribution in [3.8, 4) is 0 Å². The van der Waals surface area contributed by atoms with Crippen LogP contribution in [0.2, 0.25) is 0 Å². The van der Waals surface area contributed by atoms with Crippen LogP contribution >= 0.6 is 0 Å². The highest BCUT2D eigenvalue weighted by Gasteiger charge is 2.34. The second-order valence-corrected chi connectivity index (χ2v) is 5.59. The third kappa shape index (κ3) is 3.29. The number of anilines is 2. The first-order chi connectivity index (χ1) is 11.7. The minimum absolute atomic E-state index is 0. The van der Waals surface area contributed by atoms with Crippen LogP contribution in [0.1, 0.15) is 17.0 Å². The molecule has 0 atom stereocenters. The molecule has 0 spiro atoms. The van der Waals surface area contributed by atoms with Crippen molar-refractivity contribution < 1.29 is 26.8 Å². The fourth-order valence-corrected chi connectivity index (χ4v) is 2.53. The molecule has 0 fully saturated rings. The van der Waals surface area contributed by atoms with Crippen LogP contribution in [-0.2, 0) is 0 Å². The van der Waals surface area contributed by atoms with Gasteiger partial charge in [0, 0.05) is 0 Å². The predicted octanol–water partition coefficient (Wildman–Crippen LogP) is -0.623. The summed E-state index contributed by atoms with van der Waals surface area (Å²) in [7, 11) is 0. The smallest absolute Gasteiger partial charge is 0.343 e. The van der Waals surface area contributed by atoms with Crippen LogP contribution in [0.4, 0.5) is 11.7 Å². The zero-order valence-electron chi connectivity index (χ0n) is 13.9. The Labute approximate surface area is 156 Å². The highest BCUT2D eigenvalue weighted by Crippen LogP contribution is 2.24. The maximum atomic E-state index is 5.78. The molecule has 0 bridgehead atoms. The molecule has 0 saturated carbocycles. The molecule has 1 aliphatic rings. The van der Waals surface area contributed by atoms with Gasteiger partial charge in [-0.25, -0.2) is 0 Å². The number of amidine groups is 1. The van der Waals surface area contributed by atoms with E-state index < -0.39 is 0 Å². The van der Waals surface area contributed by atoms with Gasteiger partial charge in [0.1, 0.15) is 11.4 Å². The Hall–Kier alpha value is -2.64. The van der Waals surface area contributed by atoms with Crippen molar-refractivity contribution >= 4 is 17.5 Å². The Morgan fingerprint density at radius 2 is 1.56 bits per heavy atom. The maximum absolute atomic E-state index is 5.78. The molecule has 3 aromatic rings. The molecule has 0 aliphatic carbocycles. The molecule has 1 aliphatic heterocycles. The van der Waals surface area contributed by atoms with Crippen molar-refractivity contribution in [2.24, 2.45) is 5.10 Å². The number of nitrogens with zero attached hydrogens (tertiary/aromatic N) is 4. The van der Waals surface area contributed by atoms with Gasteiger partial charge in [-0.05, 0) is 38.1 Å². The number of benzene rings is 2. The molecular weight excluding hydrogens is 382 g/mol. The van der Waals surface area contributed by atoms with Crippen LogP contribution in [-0.4, -0.2) is 10.8 Å². The number of para-hydroxylation sites is 1. The number of hydrazine groups is 1. The number of hydrazone groups is 1. The van der Waals surface area contributed by atoms with Gasteiger partial charge >= 0.3 is 6.01 Å². The van der Waals surface area contributed by atoms with Crippen LogP contribution in [0.15, 0.2) is 70.2 Å². The summed E-state index contributed by atoms with van der Waals surface area (Å²) < 4.78 is 5.78. The summed E-state index contributed by atoms with van der Waals surface area (Å²) in [5, 5.41) is 8.33. The maximum Gasteiger partial charge on any atom is 0.343 e. The van der Waals surface area contributed by atoms with E-state index in [2.05, 4.69) is 4.98 Å². The predicted molar refractivity (Wildman–Crippen MR) is 92.3 cm³/mol. The molecule has 0 unspecified atom stereocenters. The topological polar surface area (TPSA) is 61.5 Å². The molecule has 128 valence electrons. The molecule has 0 saturated heterocycles. The molecular formula is C18H18BrN5O. The number of hydrogen-bond donors (Lipinski definition) is 1. The van der Waals surface area contributed by atoms with Gasteiger partial charge in [-0.1, -0.05) is 51.7 Å². The van der Waals surface area contributed by atoms with Gasteiger partial charge in [0.05, 0.1) is 11.3 Å². The van der Waals surface area contributed by atoms with Gasteiger partial charge in [0.15, 0.2) is 0 Å². The van der Waals surface area contributed by atoms with Crippen LogP contribution < -0.4 is 32.6 Å². The number of hydrogen-bond acceptors (Lipinski definition) is 5. The first-order valence-corrected chi connectivity index (χ1v) is 7.79. The number of rotatable bonds is 3.